The molecule has 1 aromatic carbocycles. The molecule has 0 amide bonds. The van der Waals surface area contributed by atoms with Crippen LogP contribution in [0.1, 0.15) is 11.3 Å². The van der Waals surface area contributed by atoms with Gasteiger partial charge in [0, 0.05) is 16.0 Å². The highest BCUT2D eigenvalue weighted by atomic mass is 32.2. The molecule has 1 heterocycles. The average molecular weight is 268 g/mol. The molecule has 0 aliphatic heterocycles. The molecular weight excluding hydrogens is 255 g/mol. The molecule has 0 saturated carbocycles. The maximum atomic E-state index is 13.4. The first-order chi connectivity index (χ1) is 8.17. The maximum absolute atomic E-state index is 13.4. The molecule has 0 aliphatic carbocycles. The second kappa shape index (κ2) is 5.62. The van der Waals surface area contributed by atoms with E-state index in [0.29, 0.717) is 13.0 Å². The van der Waals surface area contributed by atoms with Crippen LogP contribution in [0.25, 0.3) is 0 Å². The number of aromatic nitrogens is 1. The van der Waals surface area contributed by atoms with Crippen molar-refractivity contribution < 1.29 is 4.39 Å². The monoisotopic (exact) mass is 268 g/mol. The fourth-order valence-electron chi connectivity index (χ4n) is 1.47. The van der Waals surface area contributed by atoms with Gasteiger partial charge < -0.3 is 5.73 Å². The Balaban J connectivity index is 2.20. The van der Waals surface area contributed by atoms with Crippen LogP contribution in [-0.2, 0) is 6.42 Å². The van der Waals surface area contributed by atoms with E-state index in [-0.39, 0.29) is 5.82 Å². The van der Waals surface area contributed by atoms with Crippen molar-refractivity contribution in [3.8, 4) is 0 Å². The molecule has 0 saturated heterocycles. The highest BCUT2D eigenvalue weighted by Gasteiger charge is 2.05. The Morgan fingerprint density at radius 2 is 2.24 bits per heavy atom. The number of halogens is 1. The van der Waals surface area contributed by atoms with Gasteiger partial charge >= 0.3 is 0 Å². The second-order valence-electron chi connectivity index (χ2n) is 3.69. The molecule has 1 aromatic heterocycles. The van der Waals surface area contributed by atoms with E-state index >= 15 is 0 Å². The molecule has 0 bridgehead atoms. The van der Waals surface area contributed by atoms with Crippen molar-refractivity contribution in [3.63, 3.8) is 0 Å². The van der Waals surface area contributed by atoms with Crippen LogP contribution in [0.3, 0.4) is 0 Å². The van der Waals surface area contributed by atoms with Crippen LogP contribution in [0.2, 0.25) is 0 Å². The first-order valence-electron chi connectivity index (χ1n) is 5.27. The summed E-state index contributed by atoms with van der Waals surface area (Å²) in [6.07, 6.45) is 0.697. The van der Waals surface area contributed by atoms with Crippen molar-refractivity contribution >= 4 is 23.1 Å². The second-order valence-corrected chi connectivity index (χ2v) is 5.87. The summed E-state index contributed by atoms with van der Waals surface area (Å²) in [4.78, 5) is 5.22. The standard InChI is InChI=1S/C12H13FN2S2/c1-8-7-16-12(15-8)17-11-5-9(2-3-14)4-10(13)6-11/h4-7H,2-3,14H2,1H3. The zero-order valence-electron chi connectivity index (χ0n) is 9.44. The van der Waals surface area contributed by atoms with Crippen LogP contribution in [-0.4, -0.2) is 11.5 Å². The summed E-state index contributed by atoms with van der Waals surface area (Å²) in [6.45, 7) is 2.48. The minimum Gasteiger partial charge on any atom is -0.330 e. The van der Waals surface area contributed by atoms with Gasteiger partial charge in [-0.2, -0.15) is 0 Å². The number of rotatable bonds is 4. The third-order valence-electron chi connectivity index (χ3n) is 2.17. The van der Waals surface area contributed by atoms with Gasteiger partial charge in [0.2, 0.25) is 0 Å². The van der Waals surface area contributed by atoms with E-state index in [4.69, 9.17) is 5.73 Å². The van der Waals surface area contributed by atoms with Gasteiger partial charge in [-0.05, 0) is 43.7 Å². The summed E-state index contributed by atoms with van der Waals surface area (Å²) in [7, 11) is 0. The molecule has 0 fully saturated rings. The third-order valence-corrected chi connectivity index (χ3v) is 4.20. The predicted octanol–water partition coefficient (Wildman–Crippen LogP) is 3.24. The number of hydrogen-bond donors (Lipinski definition) is 1. The molecule has 90 valence electrons. The van der Waals surface area contributed by atoms with E-state index in [1.807, 2.05) is 18.4 Å². The number of thiazole rings is 1. The van der Waals surface area contributed by atoms with E-state index in [9.17, 15) is 4.39 Å². The number of nitrogens with two attached hydrogens (primary N) is 1. The molecule has 0 atom stereocenters. The third kappa shape index (κ3) is 3.52. The number of hydrogen-bond acceptors (Lipinski definition) is 4. The SMILES string of the molecule is Cc1csc(Sc2cc(F)cc(CCN)c2)n1. The summed E-state index contributed by atoms with van der Waals surface area (Å²) < 4.78 is 14.3. The van der Waals surface area contributed by atoms with Gasteiger partial charge in [0.05, 0.1) is 0 Å². The average Bonchev–Trinajstić information content (AvgIpc) is 2.63. The van der Waals surface area contributed by atoms with E-state index < -0.39 is 0 Å². The van der Waals surface area contributed by atoms with Crippen LogP contribution >= 0.6 is 23.1 Å². The summed E-state index contributed by atoms with van der Waals surface area (Å²) in [5, 5.41) is 1.99. The lowest BCUT2D eigenvalue weighted by Crippen LogP contribution is -2.02. The normalized spacial score (nSPS) is 10.8. The molecule has 0 spiro atoms. The zero-order valence-corrected chi connectivity index (χ0v) is 11.1. The van der Waals surface area contributed by atoms with Crippen molar-refractivity contribution in [1.29, 1.82) is 0 Å². The molecule has 2 N–H and O–H groups in total. The topological polar surface area (TPSA) is 38.9 Å². The summed E-state index contributed by atoms with van der Waals surface area (Å²) in [6, 6.07) is 5.03. The number of aryl methyl sites for hydroxylation is 1. The van der Waals surface area contributed by atoms with Crippen LogP contribution in [0.15, 0.2) is 32.8 Å². The quantitative estimate of drug-likeness (QED) is 0.925. The minimum atomic E-state index is -0.216. The fourth-order valence-corrected chi connectivity index (χ4v) is 3.39. The van der Waals surface area contributed by atoms with E-state index in [1.54, 1.807) is 11.3 Å². The molecule has 2 rings (SSSR count). The van der Waals surface area contributed by atoms with Gasteiger partial charge in [-0.15, -0.1) is 11.3 Å². The van der Waals surface area contributed by atoms with Crippen molar-refractivity contribution in [2.24, 2.45) is 5.73 Å². The maximum Gasteiger partial charge on any atom is 0.154 e. The molecule has 0 aliphatic rings. The molecule has 5 heteroatoms. The summed E-state index contributed by atoms with van der Waals surface area (Å²) >= 11 is 3.06. The van der Waals surface area contributed by atoms with Gasteiger partial charge in [-0.1, -0.05) is 11.8 Å². The van der Waals surface area contributed by atoms with Gasteiger partial charge in [0.15, 0.2) is 4.34 Å². The molecule has 0 radical (unpaired) electrons. The van der Waals surface area contributed by atoms with Gasteiger partial charge in [0.1, 0.15) is 5.82 Å². The Bertz CT molecular complexity index is 511. The largest absolute Gasteiger partial charge is 0.330 e. The Kier molecular flexibility index (Phi) is 4.15. The Morgan fingerprint density at radius 1 is 1.41 bits per heavy atom. The molecule has 2 nitrogen and oxygen atoms in total. The summed E-state index contributed by atoms with van der Waals surface area (Å²) in [5.41, 5.74) is 7.41. The molecule has 17 heavy (non-hydrogen) atoms. The first-order valence-corrected chi connectivity index (χ1v) is 6.96. The lowest BCUT2D eigenvalue weighted by atomic mass is 10.1. The molecular formula is C12H13FN2S2. The predicted molar refractivity (Wildman–Crippen MR) is 70.1 cm³/mol. The van der Waals surface area contributed by atoms with Gasteiger partial charge in [-0.25, -0.2) is 9.37 Å². The van der Waals surface area contributed by atoms with Crippen LogP contribution in [0.5, 0.6) is 0 Å². The lowest BCUT2D eigenvalue weighted by Gasteiger charge is -2.03. The summed E-state index contributed by atoms with van der Waals surface area (Å²) in [5.74, 6) is -0.216. The van der Waals surface area contributed by atoms with Crippen LogP contribution in [0.4, 0.5) is 4.39 Å². The van der Waals surface area contributed by atoms with Crippen LogP contribution < -0.4 is 5.73 Å². The Labute approximate surface area is 108 Å². The Morgan fingerprint density at radius 3 is 2.88 bits per heavy atom. The number of nitrogens with zero attached hydrogens (tertiary/aromatic N) is 1. The number of benzene rings is 1. The first kappa shape index (κ1) is 12.5. The highest BCUT2D eigenvalue weighted by Crippen LogP contribution is 2.31. The van der Waals surface area contributed by atoms with Crippen molar-refractivity contribution in [2.75, 3.05) is 6.54 Å². The molecule has 0 unspecified atom stereocenters. The fraction of sp³-hybridized carbons (Fsp3) is 0.250. The highest BCUT2D eigenvalue weighted by molar-refractivity contribution is 8.01. The van der Waals surface area contributed by atoms with Gasteiger partial charge in [0.25, 0.3) is 0 Å². The zero-order chi connectivity index (χ0) is 12.3. The van der Waals surface area contributed by atoms with E-state index in [1.165, 1.54) is 23.9 Å². The minimum absolute atomic E-state index is 0.216. The molecule has 2 aromatic rings. The lowest BCUT2D eigenvalue weighted by molar-refractivity contribution is 0.621. The van der Waals surface area contributed by atoms with E-state index in [0.717, 1.165) is 20.5 Å². The van der Waals surface area contributed by atoms with Gasteiger partial charge in [-0.3, -0.25) is 0 Å². The smallest absolute Gasteiger partial charge is 0.154 e. The van der Waals surface area contributed by atoms with Crippen molar-refractivity contribution in [1.82, 2.24) is 4.98 Å². The van der Waals surface area contributed by atoms with Crippen molar-refractivity contribution in [2.45, 2.75) is 22.6 Å². The van der Waals surface area contributed by atoms with Crippen molar-refractivity contribution in [3.05, 3.63) is 40.7 Å². The Hall–Kier alpha value is -0.910. The van der Waals surface area contributed by atoms with Crippen LogP contribution in [0, 0.1) is 12.7 Å². The van der Waals surface area contributed by atoms with E-state index in [2.05, 4.69) is 4.98 Å².